The molecule has 0 heterocycles. The molecule has 0 aliphatic heterocycles. The Bertz CT molecular complexity index is 539. The first kappa shape index (κ1) is 23.9. The molecule has 1 atom stereocenters. The number of unbranched alkanes of at least 4 members (excludes halogenated alkanes) is 1. The summed E-state index contributed by atoms with van der Waals surface area (Å²) in [5, 5.41) is 0. The molecule has 7 nitrogen and oxygen atoms in total. The van der Waals surface area contributed by atoms with Gasteiger partial charge in [0.15, 0.2) is 0 Å². The third-order valence-corrected chi connectivity index (χ3v) is 4.95. The van der Waals surface area contributed by atoms with E-state index in [1.54, 1.807) is 20.8 Å². The van der Waals surface area contributed by atoms with Crippen molar-refractivity contribution in [1.82, 2.24) is 0 Å². The molecule has 0 radical (unpaired) electrons. The fourth-order valence-corrected chi connectivity index (χ4v) is 2.94. The molecule has 0 aliphatic carbocycles. The Hall–Kier alpha value is -1.15. The normalized spacial score (nSPS) is 14.6. The largest absolute Gasteiger partial charge is 0.748 e. The summed E-state index contributed by atoms with van der Waals surface area (Å²) in [7, 11) is -4.32. The van der Waals surface area contributed by atoms with Gasteiger partial charge in [-0.2, -0.15) is 0 Å². The van der Waals surface area contributed by atoms with Gasteiger partial charge in [-0.15, -0.1) is 0 Å². The summed E-state index contributed by atoms with van der Waals surface area (Å²) in [6.45, 7) is 9.20. The van der Waals surface area contributed by atoms with Crippen molar-refractivity contribution in [3.63, 3.8) is 0 Å². The molecule has 1 unspecified atom stereocenters. The van der Waals surface area contributed by atoms with E-state index in [0.717, 1.165) is 12.8 Å². The van der Waals surface area contributed by atoms with Gasteiger partial charge in [0, 0.05) is 5.75 Å². The van der Waals surface area contributed by atoms with Gasteiger partial charge in [-0.1, -0.05) is 20.3 Å². The molecule has 0 rings (SSSR count). The Kier molecular flexibility index (Phi) is 9.64. The van der Waals surface area contributed by atoms with Gasteiger partial charge in [0.2, 0.25) is 0 Å². The van der Waals surface area contributed by atoms with Gasteiger partial charge in [-0.3, -0.25) is 9.59 Å². The number of esters is 2. The van der Waals surface area contributed by atoms with Crippen LogP contribution in [-0.4, -0.2) is 43.9 Å². The van der Waals surface area contributed by atoms with Gasteiger partial charge in [0.1, 0.15) is 0 Å². The van der Waals surface area contributed by atoms with E-state index in [2.05, 4.69) is 0 Å². The fourth-order valence-electron chi connectivity index (χ4n) is 2.47. The van der Waals surface area contributed by atoms with Crippen molar-refractivity contribution in [3.05, 3.63) is 0 Å². The van der Waals surface area contributed by atoms with Gasteiger partial charge in [-0.25, -0.2) is 8.42 Å². The summed E-state index contributed by atoms with van der Waals surface area (Å²) < 4.78 is 42.0. The lowest BCUT2D eigenvalue weighted by Gasteiger charge is -2.33. The van der Waals surface area contributed by atoms with E-state index in [4.69, 9.17) is 9.47 Å². The smallest absolute Gasteiger partial charge is 0.311 e. The zero-order valence-corrected chi connectivity index (χ0v) is 16.7. The third-order valence-electron chi connectivity index (χ3n) is 4.16. The lowest BCUT2D eigenvalue weighted by molar-refractivity contribution is -0.163. The fraction of sp³-hybridized carbons (Fsp3) is 0.882. The molecular weight excluding hydrogens is 348 g/mol. The SMILES string of the molecule is CCCCOC(=O)C(C)(C)CC(C)(CC)C(=O)OCCCS(=O)(=O)[O-]. The molecule has 148 valence electrons. The minimum Gasteiger partial charge on any atom is -0.748 e. The first-order chi connectivity index (χ1) is 11.4. The summed E-state index contributed by atoms with van der Waals surface area (Å²) in [4.78, 5) is 24.6. The lowest BCUT2D eigenvalue weighted by Crippen LogP contribution is -2.39. The predicted molar refractivity (Wildman–Crippen MR) is 92.8 cm³/mol. The van der Waals surface area contributed by atoms with E-state index in [-0.39, 0.29) is 25.4 Å². The monoisotopic (exact) mass is 379 g/mol. The first-order valence-electron chi connectivity index (χ1n) is 8.66. The second kappa shape index (κ2) is 10.1. The third kappa shape index (κ3) is 9.21. The first-order valence-corrected chi connectivity index (χ1v) is 10.2. The number of carbonyl (C=O) groups excluding carboxylic acids is 2. The van der Waals surface area contributed by atoms with E-state index >= 15 is 0 Å². The second-order valence-corrected chi connectivity index (χ2v) is 8.74. The summed E-state index contributed by atoms with van der Waals surface area (Å²) >= 11 is 0. The highest BCUT2D eigenvalue weighted by Gasteiger charge is 2.42. The van der Waals surface area contributed by atoms with Crippen LogP contribution in [0.1, 0.15) is 66.7 Å². The summed E-state index contributed by atoms with van der Waals surface area (Å²) in [6.07, 6.45) is 2.38. The van der Waals surface area contributed by atoms with E-state index < -0.39 is 32.7 Å². The average molecular weight is 379 g/mol. The van der Waals surface area contributed by atoms with Gasteiger partial charge in [0.25, 0.3) is 0 Å². The molecule has 0 saturated heterocycles. The van der Waals surface area contributed by atoms with Crippen molar-refractivity contribution < 1.29 is 32.0 Å². The molecule has 0 saturated carbocycles. The zero-order valence-electron chi connectivity index (χ0n) is 15.9. The number of ether oxygens (including phenoxy) is 2. The number of rotatable bonds is 12. The van der Waals surface area contributed by atoms with Crippen LogP contribution in [0.25, 0.3) is 0 Å². The molecule has 0 aliphatic rings. The number of hydrogen-bond acceptors (Lipinski definition) is 7. The van der Waals surface area contributed by atoms with E-state index in [0.29, 0.717) is 13.0 Å². The topological polar surface area (TPSA) is 110 Å². The maximum Gasteiger partial charge on any atom is 0.311 e. The van der Waals surface area contributed by atoms with Crippen LogP contribution < -0.4 is 0 Å². The maximum absolute atomic E-state index is 12.4. The molecule has 0 aromatic rings. The Balaban J connectivity index is 4.73. The van der Waals surface area contributed by atoms with Crippen LogP contribution in [0.5, 0.6) is 0 Å². The van der Waals surface area contributed by atoms with Crippen molar-refractivity contribution in [2.24, 2.45) is 10.8 Å². The van der Waals surface area contributed by atoms with Crippen LogP contribution in [0.4, 0.5) is 0 Å². The Labute approximate surface area is 151 Å². The molecular formula is C17H31O7S-. The molecule has 0 aromatic carbocycles. The van der Waals surface area contributed by atoms with Crippen molar-refractivity contribution in [2.75, 3.05) is 19.0 Å². The molecule has 0 fully saturated rings. The van der Waals surface area contributed by atoms with Crippen molar-refractivity contribution >= 4 is 22.1 Å². The Morgan fingerprint density at radius 2 is 1.48 bits per heavy atom. The molecule has 25 heavy (non-hydrogen) atoms. The Morgan fingerprint density at radius 3 is 1.96 bits per heavy atom. The maximum atomic E-state index is 12.4. The van der Waals surface area contributed by atoms with Crippen LogP contribution in [0.15, 0.2) is 0 Å². The van der Waals surface area contributed by atoms with Crippen molar-refractivity contribution in [3.8, 4) is 0 Å². The molecule has 8 heteroatoms. The van der Waals surface area contributed by atoms with Crippen LogP contribution in [-0.2, 0) is 29.2 Å². The van der Waals surface area contributed by atoms with Gasteiger partial charge in [-0.05, 0) is 46.5 Å². The summed E-state index contributed by atoms with van der Waals surface area (Å²) in [5.41, 5.74) is -1.75. The van der Waals surface area contributed by atoms with Gasteiger partial charge >= 0.3 is 11.9 Å². The van der Waals surface area contributed by atoms with Crippen LogP contribution in [0.3, 0.4) is 0 Å². The molecule has 0 N–H and O–H groups in total. The van der Waals surface area contributed by atoms with Gasteiger partial charge < -0.3 is 14.0 Å². The van der Waals surface area contributed by atoms with E-state index in [1.807, 2.05) is 13.8 Å². The van der Waals surface area contributed by atoms with Gasteiger partial charge in [0.05, 0.1) is 34.2 Å². The van der Waals surface area contributed by atoms with E-state index in [1.165, 1.54) is 0 Å². The molecule has 0 aromatic heterocycles. The number of hydrogen-bond donors (Lipinski definition) is 0. The van der Waals surface area contributed by atoms with Crippen LogP contribution in [0, 0.1) is 10.8 Å². The standard InChI is InChI=1S/C17H32O7S/c1-6-8-10-23-14(18)16(3,4)13-17(5,7-2)15(19)24-11-9-12-25(20,21)22/h6-13H2,1-5H3,(H,20,21,22)/p-1. The highest BCUT2D eigenvalue weighted by molar-refractivity contribution is 7.85. The minimum absolute atomic E-state index is 0.0418. The van der Waals surface area contributed by atoms with Crippen molar-refractivity contribution in [2.45, 2.75) is 66.7 Å². The van der Waals surface area contributed by atoms with Crippen LogP contribution >= 0.6 is 0 Å². The highest BCUT2D eigenvalue weighted by atomic mass is 32.2. The molecule has 0 spiro atoms. The second-order valence-electron chi connectivity index (χ2n) is 7.22. The quantitative estimate of drug-likeness (QED) is 0.291. The minimum atomic E-state index is -4.32. The Morgan fingerprint density at radius 1 is 0.960 bits per heavy atom. The van der Waals surface area contributed by atoms with E-state index in [9.17, 15) is 22.6 Å². The predicted octanol–water partition coefficient (Wildman–Crippen LogP) is 2.64. The zero-order chi connectivity index (χ0) is 19.7. The summed E-state index contributed by atoms with van der Waals surface area (Å²) in [6, 6.07) is 0. The number of carbonyl (C=O) groups is 2. The molecule has 0 bridgehead atoms. The van der Waals surface area contributed by atoms with Crippen molar-refractivity contribution in [1.29, 1.82) is 0 Å². The molecule has 0 amide bonds. The lowest BCUT2D eigenvalue weighted by atomic mass is 9.72. The summed E-state index contributed by atoms with van der Waals surface area (Å²) in [5.74, 6) is -1.43. The van der Waals surface area contributed by atoms with Crippen LogP contribution in [0.2, 0.25) is 0 Å². The average Bonchev–Trinajstić information content (AvgIpc) is 2.49. The highest BCUT2D eigenvalue weighted by Crippen LogP contribution is 2.38.